The summed E-state index contributed by atoms with van der Waals surface area (Å²) in [6.07, 6.45) is 5.34. The zero-order valence-corrected chi connectivity index (χ0v) is 16.8. The van der Waals surface area contributed by atoms with E-state index in [0.29, 0.717) is 6.54 Å². The first-order chi connectivity index (χ1) is 14.2. The molecule has 2 fully saturated rings. The number of benzene rings is 2. The Morgan fingerprint density at radius 1 is 0.966 bits per heavy atom. The van der Waals surface area contributed by atoms with E-state index in [1.807, 2.05) is 59.5 Å². The van der Waals surface area contributed by atoms with Crippen LogP contribution in [0.2, 0.25) is 0 Å². The van der Waals surface area contributed by atoms with Gasteiger partial charge in [-0.15, -0.1) is 0 Å². The molecule has 1 atom stereocenters. The first kappa shape index (κ1) is 19.6. The molecule has 2 amide bonds. The zero-order valence-electron chi connectivity index (χ0n) is 16.8. The molecule has 0 unspecified atom stereocenters. The number of hydrogen-bond acceptors (Lipinski definition) is 3. The van der Waals surface area contributed by atoms with E-state index in [9.17, 15) is 9.59 Å². The van der Waals surface area contributed by atoms with E-state index in [-0.39, 0.29) is 23.8 Å². The van der Waals surface area contributed by atoms with E-state index in [1.54, 1.807) is 0 Å². The fourth-order valence-corrected chi connectivity index (χ4v) is 3.86. The van der Waals surface area contributed by atoms with Crippen molar-refractivity contribution >= 4 is 17.5 Å². The van der Waals surface area contributed by atoms with E-state index < -0.39 is 0 Å². The predicted molar refractivity (Wildman–Crippen MR) is 114 cm³/mol. The summed E-state index contributed by atoms with van der Waals surface area (Å²) in [7, 11) is 0. The molecule has 2 aromatic rings. The number of anilines is 1. The lowest BCUT2D eigenvalue weighted by Gasteiger charge is -2.31. The number of nitrogens with one attached hydrogen (secondary N) is 2. The SMILES string of the molecule is O=C(Nc1cccc(CN[C@H](C(=O)N2CCCCC2)c2ccccc2)c1)C1CC1. The second-order valence-electron chi connectivity index (χ2n) is 8.07. The maximum atomic E-state index is 13.2. The molecular formula is C24H29N3O2. The molecule has 1 saturated carbocycles. The quantitative estimate of drug-likeness (QED) is 0.753. The summed E-state index contributed by atoms with van der Waals surface area (Å²) in [5.74, 6) is 0.438. The number of amides is 2. The fourth-order valence-electron chi connectivity index (χ4n) is 3.86. The standard InChI is InChI=1S/C24H29N3O2/c28-23(20-12-13-20)26-21-11-7-8-18(16-21)17-25-22(19-9-3-1-4-10-19)24(29)27-14-5-2-6-15-27/h1,3-4,7-11,16,20,22,25H,2,5-6,12-15,17H2,(H,26,28)/t22-/m0/s1. The van der Waals surface area contributed by atoms with E-state index in [2.05, 4.69) is 10.6 Å². The van der Waals surface area contributed by atoms with Gasteiger partial charge in [-0.05, 0) is 55.4 Å². The molecule has 0 radical (unpaired) electrons. The predicted octanol–water partition coefficient (Wildman–Crippen LogP) is 3.88. The Hall–Kier alpha value is -2.66. The number of nitrogens with zero attached hydrogens (tertiary/aromatic N) is 1. The smallest absolute Gasteiger partial charge is 0.244 e. The molecule has 1 heterocycles. The van der Waals surface area contributed by atoms with Crippen molar-refractivity contribution in [3.05, 3.63) is 65.7 Å². The highest BCUT2D eigenvalue weighted by molar-refractivity contribution is 5.94. The van der Waals surface area contributed by atoms with Crippen molar-refractivity contribution in [3.63, 3.8) is 0 Å². The Labute approximate surface area is 172 Å². The highest BCUT2D eigenvalue weighted by Gasteiger charge is 2.29. The van der Waals surface area contributed by atoms with Crippen LogP contribution in [-0.4, -0.2) is 29.8 Å². The summed E-state index contributed by atoms with van der Waals surface area (Å²) in [5.41, 5.74) is 2.85. The monoisotopic (exact) mass is 391 g/mol. The van der Waals surface area contributed by atoms with Crippen LogP contribution in [0.4, 0.5) is 5.69 Å². The number of piperidine rings is 1. The van der Waals surface area contributed by atoms with Crippen LogP contribution in [0.15, 0.2) is 54.6 Å². The Morgan fingerprint density at radius 3 is 2.45 bits per heavy atom. The van der Waals surface area contributed by atoms with Gasteiger partial charge in [0.15, 0.2) is 0 Å². The highest BCUT2D eigenvalue weighted by Crippen LogP contribution is 2.30. The summed E-state index contributed by atoms with van der Waals surface area (Å²) >= 11 is 0. The number of carbonyl (C=O) groups excluding carboxylic acids is 2. The van der Waals surface area contributed by atoms with Gasteiger partial charge in [0, 0.05) is 31.2 Å². The molecule has 2 aliphatic rings. The van der Waals surface area contributed by atoms with Crippen LogP contribution >= 0.6 is 0 Å². The topological polar surface area (TPSA) is 61.4 Å². The average Bonchev–Trinajstić information content (AvgIpc) is 3.61. The Bertz CT molecular complexity index is 842. The van der Waals surface area contributed by atoms with Crippen molar-refractivity contribution in [3.8, 4) is 0 Å². The van der Waals surface area contributed by atoms with Crippen LogP contribution in [0.1, 0.15) is 49.3 Å². The molecule has 4 rings (SSSR count). The Balaban J connectivity index is 1.45. The normalized spacial score (nSPS) is 17.6. The summed E-state index contributed by atoms with van der Waals surface area (Å²) < 4.78 is 0. The van der Waals surface area contributed by atoms with Crippen molar-refractivity contribution in [2.75, 3.05) is 18.4 Å². The van der Waals surface area contributed by atoms with Gasteiger partial charge in [0.2, 0.25) is 11.8 Å². The zero-order chi connectivity index (χ0) is 20.1. The number of likely N-dealkylation sites (tertiary alicyclic amines) is 1. The molecule has 1 aliphatic carbocycles. The van der Waals surface area contributed by atoms with Crippen LogP contribution < -0.4 is 10.6 Å². The summed E-state index contributed by atoms with van der Waals surface area (Å²) in [4.78, 5) is 27.2. The van der Waals surface area contributed by atoms with Gasteiger partial charge in [-0.2, -0.15) is 0 Å². The van der Waals surface area contributed by atoms with Gasteiger partial charge in [0.1, 0.15) is 6.04 Å². The molecular weight excluding hydrogens is 362 g/mol. The number of carbonyl (C=O) groups is 2. The third-order valence-electron chi connectivity index (χ3n) is 5.70. The average molecular weight is 392 g/mol. The van der Waals surface area contributed by atoms with Crippen molar-refractivity contribution in [1.82, 2.24) is 10.2 Å². The van der Waals surface area contributed by atoms with E-state index >= 15 is 0 Å². The molecule has 152 valence electrons. The molecule has 5 nitrogen and oxygen atoms in total. The molecule has 1 aliphatic heterocycles. The molecule has 2 N–H and O–H groups in total. The second-order valence-corrected chi connectivity index (χ2v) is 8.07. The van der Waals surface area contributed by atoms with Gasteiger partial charge >= 0.3 is 0 Å². The van der Waals surface area contributed by atoms with Gasteiger partial charge in [-0.3, -0.25) is 14.9 Å². The van der Waals surface area contributed by atoms with Gasteiger partial charge in [-0.25, -0.2) is 0 Å². The minimum absolute atomic E-state index is 0.109. The van der Waals surface area contributed by atoms with Crippen LogP contribution in [-0.2, 0) is 16.1 Å². The van der Waals surface area contributed by atoms with Gasteiger partial charge in [0.05, 0.1) is 0 Å². The lowest BCUT2D eigenvalue weighted by atomic mass is 10.0. The molecule has 2 aromatic carbocycles. The molecule has 5 heteroatoms. The largest absolute Gasteiger partial charge is 0.341 e. The molecule has 0 spiro atoms. The van der Waals surface area contributed by atoms with Crippen LogP contribution in [0.25, 0.3) is 0 Å². The van der Waals surface area contributed by atoms with Crippen LogP contribution in [0, 0.1) is 5.92 Å². The van der Waals surface area contributed by atoms with Crippen LogP contribution in [0.3, 0.4) is 0 Å². The number of hydrogen-bond donors (Lipinski definition) is 2. The van der Waals surface area contributed by atoms with Crippen LogP contribution in [0.5, 0.6) is 0 Å². The maximum Gasteiger partial charge on any atom is 0.244 e. The minimum Gasteiger partial charge on any atom is -0.341 e. The molecule has 0 bridgehead atoms. The van der Waals surface area contributed by atoms with E-state index in [1.165, 1.54) is 6.42 Å². The lowest BCUT2D eigenvalue weighted by Crippen LogP contribution is -2.43. The Kier molecular flexibility index (Phi) is 6.25. The summed E-state index contributed by atoms with van der Waals surface area (Å²) in [6, 6.07) is 17.4. The molecule has 1 saturated heterocycles. The minimum atomic E-state index is -0.362. The van der Waals surface area contributed by atoms with Gasteiger partial charge in [0.25, 0.3) is 0 Å². The summed E-state index contributed by atoms with van der Waals surface area (Å²) in [5, 5.41) is 6.46. The molecule has 0 aromatic heterocycles. The second kappa shape index (κ2) is 9.23. The summed E-state index contributed by atoms with van der Waals surface area (Å²) in [6.45, 7) is 2.24. The highest BCUT2D eigenvalue weighted by atomic mass is 16.2. The van der Waals surface area contributed by atoms with Crippen molar-refractivity contribution in [2.24, 2.45) is 5.92 Å². The third-order valence-corrected chi connectivity index (χ3v) is 5.70. The first-order valence-electron chi connectivity index (χ1n) is 10.7. The van der Waals surface area contributed by atoms with E-state index in [4.69, 9.17) is 0 Å². The maximum absolute atomic E-state index is 13.2. The van der Waals surface area contributed by atoms with Crippen molar-refractivity contribution in [1.29, 1.82) is 0 Å². The van der Waals surface area contributed by atoms with Gasteiger partial charge in [-0.1, -0.05) is 42.5 Å². The molecule has 29 heavy (non-hydrogen) atoms. The van der Waals surface area contributed by atoms with E-state index in [0.717, 1.165) is 55.6 Å². The Morgan fingerprint density at radius 2 is 1.72 bits per heavy atom. The van der Waals surface area contributed by atoms with Crippen molar-refractivity contribution < 1.29 is 9.59 Å². The lowest BCUT2D eigenvalue weighted by molar-refractivity contribution is -0.134. The first-order valence-corrected chi connectivity index (χ1v) is 10.7. The number of rotatable bonds is 7. The van der Waals surface area contributed by atoms with Gasteiger partial charge < -0.3 is 10.2 Å². The fraction of sp³-hybridized carbons (Fsp3) is 0.417. The van der Waals surface area contributed by atoms with Crippen molar-refractivity contribution in [2.45, 2.75) is 44.7 Å². The third kappa shape index (κ3) is 5.24.